The van der Waals surface area contributed by atoms with Gasteiger partial charge in [-0.05, 0) is 36.4 Å². The van der Waals surface area contributed by atoms with E-state index < -0.39 is 5.97 Å². The lowest BCUT2D eigenvalue weighted by Gasteiger charge is -2.13. The molecule has 4 nitrogen and oxygen atoms in total. The predicted molar refractivity (Wildman–Crippen MR) is 87.4 cm³/mol. The van der Waals surface area contributed by atoms with Gasteiger partial charge >= 0.3 is 5.97 Å². The average Bonchev–Trinajstić information content (AvgIpc) is 2.98. The number of thiophene rings is 1. The molecule has 0 saturated carbocycles. The molecule has 1 aromatic carbocycles. The van der Waals surface area contributed by atoms with Gasteiger partial charge in [0.15, 0.2) is 0 Å². The molecule has 0 aliphatic carbocycles. The van der Waals surface area contributed by atoms with Crippen molar-refractivity contribution in [2.75, 3.05) is 0 Å². The van der Waals surface area contributed by atoms with Crippen molar-refractivity contribution < 1.29 is 14.7 Å². The molecule has 0 spiro atoms. The Morgan fingerprint density at radius 2 is 2.00 bits per heavy atom. The van der Waals surface area contributed by atoms with Crippen LogP contribution in [0.15, 0.2) is 41.8 Å². The molecule has 5 heteroatoms. The zero-order chi connectivity index (χ0) is 15.9. The number of hydrogen-bond donors (Lipinski definition) is 2. The molecule has 1 atom stereocenters. The highest BCUT2D eigenvalue weighted by atomic mass is 32.1. The Morgan fingerprint density at radius 1 is 1.23 bits per heavy atom. The summed E-state index contributed by atoms with van der Waals surface area (Å²) in [4.78, 5) is 24.3. The second kappa shape index (κ2) is 7.75. The normalized spacial score (nSPS) is 11.9. The zero-order valence-electron chi connectivity index (χ0n) is 12.4. The number of rotatable bonds is 7. The Hall–Kier alpha value is -2.14. The van der Waals surface area contributed by atoms with Crippen LogP contribution in [0.1, 0.15) is 34.1 Å². The minimum Gasteiger partial charge on any atom is -0.478 e. The Balaban J connectivity index is 1.84. The molecular weight excluding hydrogens is 298 g/mol. The lowest BCUT2D eigenvalue weighted by atomic mass is 10.0. The van der Waals surface area contributed by atoms with E-state index in [1.165, 1.54) is 4.88 Å². The van der Waals surface area contributed by atoms with E-state index in [1.807, 2.05) is 18.4 Å². The van der Waals surface area contributed by atoms with Crippen molar-refractivity contribution in [1.82, 2.24) is 5.32 Å². The van der Waals surface area contributed by atoms with E-state index in [2.05, 4.69) is 11.4 Å². The topological polar surface area (TPSA) is 66.4 Å². The third-order valence-corrected chi connectivity index (χ3v) is 4.26. The third-order valence-electron chi connectivity index (χ3n) is 3.36. The summed E-state index contributed by atoms with van der Waals surface area (Å²) in [6, 6.07) is 10.9. The van der Waals surface area contributed by atoms with Gasteiger partial charge in [-0.2, -0.15) is 0 Å². The Labute approximate surface area is 133 Å². The molecule has 2 N–H and O–H groups in total. The first-order valence-electron chi connectivity index (χ1n) is 7.19. The van der Waals surface area contributed by atoms with Crippen LogP contribution >= 0.6 is 11.3 Å². The van der Waals surface area contributed by atoms with Crippen molar-refractivity contribution in [2.45, 2.75) is 32.2 Å². The maximum Gasteiger partial charge on any atom is 0.335 e. The molecule has 0 aliphatic rings. The van der Waals surface area contributed by atoms with E-state index in [-0.39, 0.29) is 17.5 Å². The van der Waals surface area contributed by atoms with Crippen LogP contribution < -0.4 is 5.32 Å². The molecule has 22 heavy (non-hydrogen) atoms. The number of carboxylic acid groups (broad SMARTS) is 1. The first kappa shape index (κ1) is 16.2. The Bertz CT molecular complexity index is 637. The van der Waals surface area contributed by atoms with Gasteiger partial charge in [-0.3, -0.25) is 4.79 Å². The standard InChI is InChI=1S/C17H19NO3S/c1-12(11-14-6-4-10-22-14)18-16(19)9-8-13-5-2-3-7-15(13)17(20)21/h2-7,10,12H,8-9,11H2,1H3,(H,18,19)(H,20,21). The van der Waals surface area contributed by atoms with E-state index in [9.17, 15) is 9.59 Å². The van der Waals surface area contributed by atoms with Gasteiger partial charge in [0, 0.05) is 23.8 Å². The van der Waals surface area contributed by atoms with Gasteiger partial charge in [0.05, 0.1) is 5.56 Å². The first-order chi connectivity index (χ1) is 10.6. The fraction of sp³-hybridized carbons (Fsp3) is 0.294. The Kier molecular flexibility index (Phi) is 5.72. The molecule has 0 saturated heterocycles. The number of benzene rings is 1. The van der Waals surface area contributed by atoms with Crippen LogP contribution in [0, 0.1) is 0 Å². The number of nitrogens with one attached hydrogen (secondary N) is 1. The first-order valence-corrected chi connectivity index (χ1v) is 8.07. The summed E-state index contributed by atoms with van der Waals surface area (Å²) in [5.41, 5.74) is 0.956. The quantitative estimate of drug-likeness (QED) is 0.824. The van der Waals surface area contributed by atoms with Crippen molar-refractivity contribution in [1.29, 1.82) is 0 Å². The van der Waals surface area contributed by atoms with Crippen molar-refractivity contribution in [3.63, 3.8) is 0 Å². The summed E-state index contributed by atoms with van der Waals surface area (Å²) in [6.45, 7) is 1.98. The van der Waals surface area contributed by atoms with E-state index in [1.54, 1.807) is 35.6 Å². The average molecular weight is 317 g/mol. The van der Waals surface area contributed by atoms with Crippen LogP contribution in [0.2, 0.25) is 0 Å². The largest absolute Gasteiger partial charge is 0.478 e. The van der Waals surface area contributed by atoms with Crippen molar-refractivity contribution in [3.8, 4) is 0 Å². The van der Waals surface area contributed by atoms with Crippen LogP contribution in [0.4, 0.5) is 0 Å². The third kappa shape index (κ3) is 4.70. The van der Waals surface area contributed by atoms with Crippen LogP contribution in [0.3, 0.4) is 0 Å². The second-order valence-electron chi connectivity index (χ2n) is 5.21. The smallest absolute Gasteiger partial charge is 0.335 e. The number of carboxylic acids is 1. The Morgan fingerprint density at radius 3 is 2.68 bits per heavy atom. The number of hydrogen-bond acceptors (Lipinski definition) is 3. The summed E-state index contributed by atoms with van der Waals surface area (Å²) < 4.78 is 0. The molecular formula is C17H19NO3S. The highest BCUT2D eigenvalue weighted by Crippen LogP contribution is 2.13. The highest BCUT2D eigenvalue weighted by molar-refractivity contribution is 7.09. The molecule has 1 aromatic heterocycles. The van der Waals surface area contributed by atoms with Crippen LogP contribution in [-0.2, 0) is 17.6 Å². The van der Waals surface area contributed by atoms with Crippen molar-refractivity contribution >= 4 is 23.2 Å². The second-order valence-corrected chi connectivity index (χ2v) is 6.25. The van der Waals surface area contributed by atoms with Crippen LogP contribution in [0.5, 0.6) is 0 Å². The lowest BCUT2D eigenvalue weighted by Crippen LogP contribution is -2.34. The van der Waals surface area contributed by atoms with Gasteiger partial charge < -0.3 is 10.4 Å². The lowest BCUT2D eigenvalue weighted by molar-refractivity contribution is -0.121. The number of aromatic carboxylic acids is 1. The molecule has 0 fully saturated rings. The summed E-state index contributed by atoms with van der Waals surface area (Å²) >= 11 is 1.68. The van der Waals surface area contributed by atoms with E-state index >= 15 is 0 Å². The summed E-state index contributed by atoms with van der Waals surface area (Å²) in [5.74, 6) is -1.01. The molecule has 1 heterocycles. The minimum absolute atomic E-state index is 0.0516. The molecule has 0 aliphatic heterocycles. The molecule has 0 bridgehead atoms. The molecule has 2 aromatic rings. The van der Waals surface area contributed by atoms with Crippen molar-refractivity contribution in [3.05, 3.63) is 57.8 Å². The van der Waals surface area contributed by atoms with Crippen molar-refractivity contribution in [2.24, 2.45) is 0 Å². The molecule has 1 unspecified atom stereocenters. The number of carbonyl (C=O) groups excluding carboxylic acids is 1. The van der Waals surface area contributed by atoms with E-state index in [0.717, 1.165) is 6.42 Å². The predicted octanol–water partition coefficient (Wildman–Crippen LogP) is 3.13. The zero-order valence-corrected chi connectivity index (χ0v) is 13.2. The van der Waals surface area contributed by atoms with Gasteiger partial charge in [0.2, 0.25) is 5.91 Å². The highest BCUT2D eigenvalue weighted by Gasteiger charge is 2.12. The molecule has 1 amide bonds. The molecule has 116 valence electrons. The summed E-state index contributed by atoms with van der Waals surface area (Å²) in [7, 11) is 0. The van der Waals surface area contributed by atoms with E-state index in [0.29, 0.717) is 18.4 Å². The summed E-state index contributed by atoms with van der Waals surface area (Å²) in [6.07, 6.45) is 1.54. The maximum absolute atomic E-state index is 12.0. The summed E-state index contributed by atoms with van der Waals surface area (Å²) in [5, 5.41) is 14.1. The molecule has 0 radical (unpaired) electrons. The maximum atomic E-state index is 12.0. The SMILES string of the molecule is CC(Cc1cccs1)NC(=O)CCc1ccccc1C(=O)O. The minimum atomic E-state index is -0.956. The molecule has 2 rings (SSSR count). The van der Waals surface area contributed by atoms with Gasteiger partial charge in [0.25, 0.3) is 0 Å². The van der Waals surface area contributed by atoms with Gasteiger partial charge in [0.1, 0.15) is 0 Å². The fourth-order valence-corrected chi connectivity index (χ4v) is 3.16. The van der Waals surface area contributed by atoms with Gasteiger partial charge in [-0.15, -0.1) is 11.3 Å². The monoisotopic (exact) mass is 317 g/mol. The van der Waals surface area contributed by atoms with Crippen LogP contribution in [-0.4, -0.2) is 23.0 Å². The fourth-order valence-electron chi connectivity index (χ4n) is 2.32. The number of carbonyl (C=O) groups is 2. The van der Waals surface area contributed by atoms with Crippen LogP contribution in [0.25, 0.3) is 0 Å². The number of amides is 1. The van der Waals surface area contributed by atoms with Gasteiger partial charge in [-0.1, -0.05) is 24.3 Å². The van der Waals surface area contributed by atoms with E-state index in [4.69, 9.17) is 5.11 Å². The number of aryl methyl sites for hydroxylation is 1. The van der Waals surface area contributed by atoms with Gasteiger partial charge in [-0.25, -0.2) is 4.79 Å².